The summed E-state index contributed by atoms with van der Waals surface area (Å²) in [6, 6.07) is 5.49. The van der Waals surface area contributed by atoms with Crippen LogP contribution in [0, 0.1) is 27.3 Å². The molecule has 0 unspecified atom stereocenters. The third-order valence-electron chi connectivity index (χ3n) is 3.91. The summed E-state index contributed by atoms with van der Waals surface area (Å²) in [6.07, 6.45) is 0.471. The molecule has 1 aromatic carbocycles. The van der Waals surface area contributed by atoms with Crippen LogP contribution < -0.4 is 0 Å². The average molecular weight is 387 g/mol. The van der Waals surface area contributed by atoms with E-state index < -0.39 is 31.7 Å². The van der Waals surface area contributed by atoms with E-state index in [-0.39, 0.29) is 17.0 Å². The first-order valence-corrected chi connectivity index (χ1v) is 10.3. The number of hydrogen-bond donors (Lipinski definition) is 0. The Labute approximate surface area is 154 Å². The van der Waals surface area contributed by atoms with Gasteiger partial charge in [0.1, 0.15) is 5.82 Å². The lowest BCUT2D eigenvalue weighted by atomic mass is 9.81. The molecule has 0 aliphatic heterocycles. The summed E-state index contributed by atoms with van der Waals surface area (Å²) in [7, 11) is -1.25. The number of non-ortho nitro benzene ring substituents is 1. The lowest BCUT2D eigenvalue weighted by molar-refractivity contribution is -0.385. The molecule has 0 N–H and O–H groups in total. The Kier molecular flexibility index (Phi) is 7.57. The summed E-state index contributed by atoms with van der Waals surface area (Å²) in [5.74, 6) is 0.551. The maximum atomic E-state index is 14.5. The van der Waals surface area contributed by atoms with Crippen molar-refractivity contribution in [3.05, 3.63) is 39.7 Å². The Balaban J connectivity index is 3.26. The lowest BCUT2D eigenvalue weighted by Gasteiger charge is -2.33. The second kappa shape index (κ2) is 8.77. The van der Waals surface area contributed by atoms with Crippen molar-refractivity contribution in [2.45, 2.75) is 44.3 Å². The Bertz CT molecular complexity index is 698. The molecule has 0 saturated carbocycles. The van der Waals surface area contributed by atoms with Crippen LogP contribution in [-0.4, -0.2) is 31.1 Å². The van der Waals surface area contributed by atoms with Gasteiger partial charge in [-0.2, -0.15) is 5.26 Å². The molecule has 1 aromatic rings. The highest BCUT2D eigenvalue weighted by Crippen LogP contribution is 2.35. The Morgan fingerprint density at radius 1 is 1.36 bits per heavy atom. The zero-order valence-corrected chi connectivity index (χ0v) is 16.5. The van der Waals surface area contributed by atoms with Crippen LogP contribution in [0.1, 0.15) is 39.7 Å². The monoisotopic (exact) mass is 386 g/mol. The third kappa shape index (κ3) is 6.08. The van der Waals surface area contributed by atoms with Crippen molar-refractivity contribution in [2.24, 2.45) is 0 Å². The van der Waals surface area contributed by atoms with Crippen molar-refractivity contribution in [3.8, 4) is 6.07 Å². The topological polar surface area (TPSA) is 84.0 Å². The number of nitro groups is 1. The van der Waals surface area contributed by atoms with Crippen LogP contribution >= 0.6 is 11.8 Å². The fourth-order valence-corrected chi connectivity index (χ4v) is 4.44. The molecule has 0 bridgehead atoms. The van der Waals surface area contributed by atoms with Crippen LogP contribution in [0.15, 0.2) is 18.2 Å². The number of hydrogen-bond acceptors (Lipinski definition) is 5. The van der Waals surface area contributed by atoms with Gasteiger partial charge in [-0.1, -0.05) is 6.92 Å². The first-order chi connectivity index (χ1) is 11.5. The number of rotatable bonds is 8. The Hall–Kier alpha value is -1.46. The normalized spacial score (nSPS) is 15.2. The van der Waals surface area contributed by atoms with Gasteiger partial charge in [-0.15, -0.1) is 11.8 Å². The molecule has 5 nitrogen and oxygen atoms in total. The molecule has 0 aliphatic rings. The van der Waals surface area contributed by atoms with Gasteiger partial charge in [0, 0.05) is 44.4 Å². The molecular formula is C17H23FN2O3S2. The fraction of sp³-hybridized carbons (Fsp3) is 0.588. The molecule has 0 aliphatic carbocycles. The minimum atomic E-state index is -1.25. The first-order valence-electron chi connectivity index (χ1n) is 7.79. The van der Waals surface area contributed by atoms with Crippen LogP contribution in [0.2, 0.25) is 0 Å². The fourth-order valence-electron chi connectivity index (χ4n) is 2.30. The molecule has 25 heavy (non-hydrogen) atoms. The Morgan fingerprint density at radius 2 is 2.00 bits per heavy atom. The van der Waals surface area contributed by atoms with Gasteiger partial charge < -0.3 is 0 Å². The summed E-state index contributed by atoms with van der Waals surface area (Å²) in [4.78, 5) is 10.5. The van der Waals surface area contributed by atoms with E-state index in [1.165, 1.54) is 17.8 Å². The molecule has 0 fully saturated rings. The summed E-state index contributed by atoms with van der Waals surface area (Å²) < 4.78 is 26.7. The predicted octanol–water partition coefficient (Wildman–Crippen LogP) is 4.19. The summed E-state index contributed by atoms with van der Waals surface area (Å²) in [6.45, 7) is 7.32. The molecule has 2 atom stereocenters. The average Bonchev–Trinajstić information content (AvgIpc) is 2.50. The van der Waals surface area contributed by atoms with Crippen LogP contribution in [0.25, 0.3) is 0 Å². The van der Waals surface area contributed by atoms with Gasteiger partial charge in [0.2, 0.25) is 0 Å². The van der Waals surface area contributed by atoms with Crippen molar-refractivity contribution >= 4 is 28.2 Å². The number of nitro benzene ring substituents is 1. The van der Waals surface area contributed by atoms with E-state index >= 15 is 0 Å². The number of benzene rings is 1. The largest absolute Gasteiger partial charge is 0.269 e. The molecule has 0 amide bonds. The van der Waals surface area contributed by atoms with Crippen molar-refractivity contribution in [1.82, 2.24) is 0 Å². The third-order valence-corrected chi connectivity index (χ3v) is 7.00. The summed E-state index contributed by atoms with van der Waals surface area (Å²) in [5, 5.41) is 19.7. The Morgan fingerprint density at radius 3 is 2.52 bits per heavy atom. The summed E-state index contributed by atoms with van der Waals surface area (Å²) >= 11 is 1.41. The van der Waals surface area contributed by atoms with E-state index in [1.54, 1.807) is 6.92 Å². The molecule has 0 heterocycles. The van der Waals surface area contributed by atoms with Crippen molar-refractivity contribution in [2.75, 3.05) is 17.3 Å². The maximum absolute atomic E-state index is 14.5. The van der Waals surface area contributed by atoms with Crippen molar-refractivity contribution in [1.29, 1.82) is 5.26 Å². The van der Waals surface area contributed by atoms with Gasteiger partial charge in [-0.25, -0.2) is 4.39 Å². The van der Waals surface area contributed by atoms with E-state index in [1.807, 2.05) is 26.8 Å². The van der Waals surface area contributed by atoms with Crippen LogP contribution in [0.3, 0.4) is 0 Å². The van der Waals surface area contributed by atoms with E-state index in [0.29, 0.717) is 17.9 Å². The van der Waals surface area contributed by atoms with E-state index in [9.17, 15) is 18.7 Å². The van der Waals surface area contributed by atoms with E-state index in [4.69, 9.17) is 5.26 Å². The molecular weight excluding hydrogens is 363 g/mol. The minimum Gasteiger partial charge on any atom is -0.259 e. The zero-order valence-electron chi connectivity index (χ0n) is 14.9. The quantitative estimate of drug-likeness (QED) is 0.380. The van der Waals surface area contributed by atoms with Crippen molar-refractivity contribution < 1.29 is 13.5 Å². The second-order valence-corrected chi connectivity index (χ2v) is 10.4. The van der Waals surface area contributed by atoms with Crippen LogP contribution in [0.5, 0.6) is 0 Å². The second-order valence-electron chi connectivity index (χ2n) is 7.04. The van der Waals surface area contributed by atoms with Gasteiger partial charge in [0.25, 0.3) is 5.69 Å². The van der Waals surface area contributed by atoms with Gasteiger partial charge in [0.05, 0.1) is 16.7 Å². The number of thioether (sulfide) groups is 1. The highest BCUT2D eigenvalue weighted by Gasteiger charge is 2.35. The number of halogens is 1. The molecule has 8 heteroatoms. The predicted molar refractivity (Wildman–Crippen MR) is 101 cm³/mol. The smallest absolute Gasteiger partial charge is 0.259 e. The first kappa shape index (κ1) is 21.6. The molecule has 1 rings (SSSR count). The maximum Gasteiger partial charge on any atom is 0.269 e. The standard InChI is InChI=1S/C17H23FN2O3S2/c1-16(2,3)25(23)12-17(4,7-9-24-10-8-19)14-11-13(20(21)22)5-6-15(14)18/h5-6,11H,7,9-10,12H2,1-4H3/t17-,25-/m1/s1. The zero-order chi connectivity index (χ0) is 19.3. The molecule has 0 saturated heterocycles. The van der Waals surface area contributed by atoms with Gasteiger partial charge in [-0.05, 0) is 39.0 Å². The molecule has 138 valence electrons. The lowest BCUT2D eigenvalue weighted by Crippen LogP contribution is -2.37. The van der Waals surface area contributed by atoms with Crippen molar-refractivity contribution in [3.63, 3.8) is 0 Å². The highest BCUT2D eigenvalue weighted by atomic mass is 32.2. The van der Waals surface area contributed by atoms with E-state index in [0.717, 1.165) is 12.1 Å². The van der Waals surface area contributed by atoms with Crippen LogP contribution in [-0.2, 0) is 16.2 Å². The van der Waals surface area contributed by atoms with Gasteiger partial charge in [-0.3, -0.25) is 14.3 Å². The number of nitrogens with zero attached hydrogens (tertiary/aromatic N) is 2. The molecule has 0 radical (unpaired) electrons. The molecule has 0 aromatic heterocycles. The highest BCUT2D eigenvalue weighted by molar-refractivity contribution is 7.99. The SMILES string of the molecule is CC(C)(C)[S@](=O)C[C@@](C)(CCSCC#N)c1cc([N+](=O)[O-])ccc1F. The van der Waals surface area contributed by atoms with Gasteiger partial charge >= 0.3 is 0 Å². The minimum absolute atomic E-state index is 0.186. The summed E-state index contributed by atoms with van der Waals surface area (Å²) in [5.41, 5.74) is -0.804. The number of nitriles is 1. The molecule has 0 spiro atoms. The van der Waals surface area contributed by atoms with Gasteiger partial charge in [0.15, 0.2) is 0 Å². The van der Waals surface area contributed by atoms with E-state index in [2.05, 4.69) is 0 Å². The van der Waals surface area contributed by atoms with Crippen LogP contribution in [0.4, 0.5) is 10.1 Å².